The molecule has 0 fully saturated rings. The maximum atomic E-state index is 9.62. The molecule has 0 unspecified atom stereocenters. The number of nitrogens with zero attached hydrogens (tertiary/aromatic N) is 5. The van der Waals surface area contributed by atoms with Crippen molar-refractivity contribution in [3.63, 3.8) is 0 Å². The Bertz CT molecular complexity index is 2920. The predicted octanol–water partition coefficient (Wildman–Crippen LogP) is 12.4. The van der Waals surface area contributed by atoms with E-state index in [1.807, 2.05) is 48.5 Å². The molecule has 0 amide bonds. The highest BCUT2D eigenvalue weighted by molar-refractivity contribution is 6.88. The number of fused-ring (bicyclic) bond motifs is 6. The van der Waals surface area contributed by atoms with E-state index in [9.17, 15) is 10.5 Å². The van der Waals surface area contributed by atoms with Gasteiger partial charge in [-0.2, -0.15) is 10.5 Å². The predicted molar refractivity (Wildman–Crippen MR) is 228 cm³/mol. The number of hydrogen-bond donors (Lipinski definition) is 0. The Kier molecular flexibility index (Phi) is 7.74. The van der Waals surface area contributed by atoms with Crippen LogP contribution in [0.5, 0.6) is 0 Å². The normalized spacial score (nSPS) is 11.7. The van der Waals surface area contributed by atoms with Crippen molar-refractivity contribution in [2.24, 2.45) is 0 Å². The van der Waals surface area contributed by atoms with E-state index >= 15 is 0 Å². The largest absolute Gasteiger partial charge is 0.310 e. The van der Waals surface area contributed by atoms with Crippen LogP contribution in [0.25, 0.3) is 38.1 Å². The molecule has 0 radical (unpaired) electrons. The molecule has 0 spiro atoms. The first-order valence-electron chi connectivity index (χ1n) is 18.2. The third kappa shape index (κ3) is 5.27. The van der Waals surface area contributed by atoms with Crippen LogP contribution in [0.2, 0.25) is 19.6 Å². The Morgan fingerprint density at radius 1 is 0.481 bits per heavy atom. The highest BCUT2D eigenvalue weighted by Gasteiger charge is 2.26. The number of nitriles is 2. The first kappa shape index (κ1) is 33.0. The average Bonchev–Trinajstić information content (AvgIpc) is 3.73. The summed E-state index contributed by atoms with van der Waals surface area (Å²) in [5, 5.41) is 25.3. The van der Waals surface area contributed by atoms with Crippen LogP contribution in [0.3, 0.4) is 0 Å². The molecule has 0 saturated carbocycles. The van der Waals surface area contributed by atoms with Crippen molar-refractivity contribution < 1.29 is 0 Å². The lowest BCUT2D eigenvalue weighted by molar-refractivity contribution is 1.28. The van der Waals surface area contributed by atoms with Crippen LogP contribution < -0.4 is 15.0 Å². The van der Waals surface area contributed by atoms with Crippen LogP contribution in [-0.4, -0.2) is 12.5 Å². The SMILES string of the molecule is Cc1ccc(N(c2ccc(C#N)cc2)c2cccc3c2c2cccc4c5c(N(c6ccc(C#N)cc6)c6ccc([Si](C)(C)C)cc6)cccc5n3c24)cc1. The summed E-state index contributed by atoms with van der Waals surface area (Å²) in [4.78, 5) is 4.63. The fraction of sp³-hybridized carbons (Fsp3) is 0.0833. The Labute approximate surface area is 316 Å². The topological polar surface area (TPSA) is 58.5 Å². The minimum absolute atomic E-state index is 0.630. The maximum absolute atomic E-state index is 9.62. The second kappa shape index (κ2) is 12.7. The van der Waals surface area contributed by atoms with Crippen LogP contribution >= 0.6 is 0 Å². The first-order chi connectivity index (χ1) is 26.2. The van der Waals surface area contributed by atoms with Gasteiger partial charge < -0.3 is 14.2 Å². The molecule has 0 aliphatic rings. The van der Waals surface area contributed by atoms with Crippen LogP contribution in [0, 0.1) is 29.6 Å². The molecule has 0 aliphatic carbocycles. The molecule has 2 aromatic heterocycles. The first-order valence-corrected chi connectivity index (χ1v) is 21.7. The van der Waals surface area contributed by atoms with E-state index < -0.39 is 8.07 Å². The van der Waals surface area contributed by atoms with E-state index in [0.29, 0.717) is 11.1 Å². The lowest BCUT2D eigenvalue weighted by atomic mass is 10.0. The third-order valence-corrected chi connectivity index (χ3v) is 12.7. The third-order valence-electron chi connectivity index (χ3n) is 10.6. The molecule has 0 N–H and O–H groups in total. The standard InChI is InChI=1S/C48H37N5Si/c1-32-14-20-35(21-15-32)51(36-22-16-33(30-49)17-23-36)42-10-6-12-44-46(42)40-8-5-9-41-47-43(11-7-13-45(47)53(44)48(40)41)52(37-24-18-34(31-50)19-25-37)38-26-28-39(29-27-38)54(2,3)4/h5-29H,1-4H3. The van der Waals surface area contributed by atoms with Crippen molar-refractivity contribution in [1.29, 1.82) is 10.5 Å². The van der Waals surface area contributed by atoms with Gasteiger partial charge in [-0.15, -0.1) is 0 Å². The van der Waals surface area contributed by atoms with Crippen molar-refractivity contribution in [2.45, 2.75) is 26.6 Å². The van der Waals surface area contributed by atoms with E-state index in [0.717, 1.165) is 45.2 Å². The second-order valence-electron chi connectivity index (χ2n) is 15.0. The summed E-state index contributed by atoms with van der Waals surface area (Å²) in [7, 11) is -1.51. The van der Waals surface area contributed by atoms with Gasteiger partial charge >= 0.3 is 0 Å². The molecule has 9 aromatic rings. The van der Waals surface area contributed by atoms with Gasteiger partial charge in [0, 0.05) is 44.3 Å². The summed E-state index contributed by atoms with van der Waals surface area (Å²) < 4.78 is 2.43. The lowest BCUT2D eigenvalue weighted by Gasteiger charge is -2.27. The Hall–Kier alpha value is -6.86. The number of anilines is 6. The molecular formula is C48H37N5Si. The summed E-state index contributed by atoms with van der Waals surface area (Å²) in [6.45, 7) is 9.23. The fourth-order valence-corrected chi connectivity index (χ4v) is 9.11. The minimum atomic E-state index is -1.51. The van der Waals surface area contributed by atoms with E-state index in [1.54, 1.807) is 0 Å². The Balaban J connectivity index is 1.31. The molecule has 0 saturated heterocycles. The van der Waals surface area contributed by atoms with Gasteiger partial charge in [-0.25, -0.2) is 0 Å². The van der Waals surface area contributed by atoms with Crippen molar-refractivity contribution in [3.05, 3.63) is 168 Å². The molecule has 7 aromatic carbocycles. The number of para-hydroxylation sites is 1. The smallest absolute Gasteiger partial charge is 0.0991 e. The number of benzene rings is 7. The minimum Gasteiger partial charge on any atom is -0.310 e. The van der Waals surface area contributed by atoms with Gasteiger partial charge in [0.05, 0.1) is 59.3 Å². The highest BCUT2D eigenvalue weighted by atomic mass is 28.3. The van der Waals surface area contributed by atoms with Crippen LogP contribution in [0.1, 0.15) is 16.7 Å². The molecule has 9 rings (SSSR count). The zero-order valence-electron chi connectivity index (χ0n) is 30.7. The van der Waals surface area contributed by atoms with Gasteiger partial charge in [-0.1, -0.05) is 85.0 Å². The van der Waals surface area contributed by atoms with E-state index in [2.05, 4.69) is 156 Å². The molecule has 0 atom stereocenters. The number of aromatic nitrogens is 1. The summed E-state index contributed by atoms with van der Waals surface area (Å²) in [5.41, 5.74) is 12.2. The van der Waals surface area contributed by atoms with Crippen molar-refractivity contribution in [3.8, 4) is 12.1 Å². The number of hydrogen-bond acceptors (Lipinski definition) is 4. The number of rotatable bonds is 7. The van der Waals surface area contributed by atoms with E-state index in [-0.39, 0.29) is 0 Å². The van der Waals surface area contributed by atoms with Gasteiger partial charge in [0.1, 0.15) is 0 Å². The van der Waals surface area contributed by atoms with E-state index in [4.69, 9.17) is 0 Å². The summed E-state index contributed by atoms with van der Waals surface area (Å²) >= 11 is 0. The fourth-order valence-electron chi connectivity index (χ4n) is 7.94. The van der Waals surface area contributed by atoms with Gasteiger partial charge in [0.2, 0.25) is 0 Å². The molecule has 6 heteroatoms. The summed E-state index contributed by atoms with van der Waals surface area (Å²) in [6.07, 6.45) is 0. The highest BCUT2D eigenvalue weighted by Crippen LogP contribution is 2.49. The Morgan fingerprint density at radius 3 is 1.28 bits per heavy atom. The second-order valence-corrected chi connectivity index (χ2v) is 20.1. The molecule has 54 heavy (non-hydrogen) atoms. The van der Waals surface area contributed by atoms with Crippen LogP contribution in [-0.2, 0) is 0 Å². The quantitative estimate of drug-likeness (QED) is 0.154. The van der Waals surface area contributed by atoms with Gasteiger partial charge in [-0.05, 0) is 104 Å². The summed E-state index contributed by atoms with van der Waals surface area (Å²) in [6, 6.07) is 57.8. The van der Waals surface area contributed by atoms with Crippen molar-refractivity contribution in [2.75, 3.05) is 9.80 Å². The van der Waals surface area contributed by atoms with Gasteiger partial charge in [0.25, 0.3) is 0 Å². The molecule has 0 bridgehead atoms. The van der Waals surface area contributed by atoms with Crippen LogP contribution in [0.15, 0.2) is 152 Å². The number of aryl methyl sites for hydroxylation is 1. The van der Waals surface area contributed by atoms with Crippen LogP contribution in [0.4, 0.5) is 34.1 Å². The average molecular weight is 712 g/mol. The van der Waals surface area contributed by atoms with E-state index in [1.165, 1.54) is 37.8 Å². The molecule has 2 heterocycles. The van der Waals surface area contributed by atoms with Crippen molar-refractivity contribution >= 4 is 85.5 Å². The van der Waals surface area contributed by atoms with Gasteiger partial charge in [-0.3, -0.25) is 0 Å². The monoisotopic (exact) mass is 711 g/mol. The molecule has 258 valence electrons. The summed E-state index contributed by atoms with van der Waals surface area (Å²) in [5.74, 6) is 0. The zero-order chi connectivity index (χ0) is 37.1. The molecule has 5 nitrogen and oxygen atoms in total. The zero-order valence-corrected chi connectivity index (χ0v) is 31.7. The van der Waals surface area contributed by atoms with Gasteiger partial charge in [0.15, 0.2) is 0 Å². The lowest BCUT2D eigenvalue weighted by Crippen LogP contribution is -2.37. The molecule has 0 aliphatic heterocycles. The van der Waals surface area contributed by atoms with Crippen molar-refractivity contribution in [1.82, 2.24) is 4.40 Å². The Morgan fingerprint density at radius 2 is 0.870 bits per heavy atom. The molecular weight excluding hydrogens is 675 g/mol. The maximum Gasteiger partial charge on any atom is 0.0991 e.